The Morgan fingerprint density at radius 3 is 2.47 bits per heavy atom. The van der Waals surface area contributed by atoms with E-state index in [1.807, 2.05) is 5.43 Å². The maximum Gasteiger partial charge on any atom is 0.341 e. The van der Waals surface area contributed by atoms with E-state index in [4.69, 9.17) is 10.2 Å². The van der Waals surface area contributed by atoms with Gasteiger partial charge in [0, 0.05) is 6.07 Å². The lowest BCUT2D eigenvalue weighted by atomic mass is 10.2. The van der Waals surface area contributed by atoms with Crippen molar-refractivity contribution in [2.45, 2.75) is 13.8 Å². The molecule has 1 heterocycles. The van der Waals surface area contributed by atoms with Crippen molar-refractivity contribution in [1.82, 2.24) is 10.7 Å². The zero-order chi connectivity index (χ0) is 14.6. The molecule has 0 atom stereocenters. The smallest absolute Gasteiger partial charge is 0.341 e. The van der Waals surface area contributed by atoms with Crippen LogP contribution < -0.4 is 27.3 Å². The van der Waals surface area contributed by atoms with Crippen molar-refractivity contribution in [3.05, 3.63) is 27.6 Å². The van der Waals surface area contributed by atoms with Gasteiger partial charge in [-0.1, -0.05) is 0 Å². The zero-order valence-corrected chi connectivity index (χ0v) is 10.2. The number of urea groups is 2. The number of amides is 4. The van der Waals surface area contributed by atoms with Crippen molar-refractivity contribution in [3.63, 3.8) is 0 Å². The van der Waals surface area contributed by atoms with Crippen LogP contribution in [-0.4, -0.2) is 17.8 Å². The molecular weight excluding hydrogens is 256 g/mol. The summed E-state index contributed by atoms with van der Waals surface area (Å²) in [7, 11) is 0. The van der Waals surface area contributed by atoms with E-state index in [-0.39, 0.29) is 17.2 Å². The molecule has 0 radical (unpaired) electrons. The summed E-state index contributed by atoms with van der Waals surface area (Å²) in [6, 6.07) is -0.881. The van der Waals surface area contributed by atoms with Crippen LogP contribution in [0, 0.1) is 6.92 Å². The minimum atomic E-state index is -1.06. The number of Topliss-reactive ketones (excluding diaryl/α,β-unsaturated/α-hetero) is 1. The first-order valence-corrected chi connectivity index (χ1v) is 5.09. The molecule has 9 heteroatoms. The van der Waals surface area contributed by atoms with Crippen LogP contribution in [-0.2, 0) is 0 Å². The van der Waals surface area contributed by atoms with Crippen LogP contribution >= 0.6 is 0 Å². The molecule has 0 aliphatic carbocycles. The van der Waals surface area contributed by atoms with Crippen LogP contribution in [0.25, 0.3) is 0 Å². The van der Waals surface area contributed by atoms with Gasteiger partial charge in [0.25, 0.3) is 0 Å². The molecule has 0 spiro atoms. The van der Waals surface area contributed by atoms with E-state index in [0.717, 1.165) is 6.07 Å². The van der Waals surface area contributed by atoms with Gasteiger partial charge < -0.3 is 10.2 Å². The highest BCUT2D eigenvalue weighted by Gasteiger charge is 2.16. The van der Waals surface area contributed by atoms with Crippen molar-refractivity contribution in [2.75, 3.05) is 5.43 Å². The lowest BCUT2D eigenvalue weighted by molar-refractivity contribution is 0.101. The molecular formula is C10H12N4O5. The van der Waals surface area contributed by atoms with Gasteiger partial charge in [0.2, 0.25) is 5.88 Å². The van der Waals surface area contributed by atoms with Gasteiger partial charge in [-0.2, -0.15) is 0 Å². The number of carbonyl (C=O) groups excluding carboxylic acids is 3. The van der Waals surface area contributed by atoms with Gasteiger partial charge in [0.1, 0.15) is 11.3 Å². The summed E-state index contributed by atoms with van der Waals surface area (Å²) in [5.41, 5.74) is 8.15. The highest BCUT2D eigenvalue weighted by molar-refractivity contribution is 5.98. The largest absolute Gasteiger partial charge is 0.443 e. The number of hydrogen-bond acceptors (Lipinski definition) is 6. The SMILES string of the molecule is CC(=O)c1c(NNC(=O)NC(N)=O)oc(C)cc1=O. The number of carbonyl (C=O) groups is 3. The lowest BCUT2D eigenvalue weighted by Crippen LogP contribution is -2.44. The van der Waals surface area contributed by atoms with Crippen molar-refractivity contribution < 1.29 is 18.8 Å². The van der Waals surface area contributed by atoms with E-state index in [1.54, 1.807) is 5.32 Å². The van der Waals surface area contributed by atoms with Crippen LogP contribution in [0.1, 0.15) is 23.0 Å². The number of primary amides is 1. The molecule has 0 aromatic carbocycles. The Labute approximate surface area is 107 Å². The van der Waals surface area contributed by atoms with Crippen LogP contribution in [0.15, 0.2) is 15.3 Å². The van der Waals surface area contributed by atoms with Gasteiger partial charge in [-0.15, -0.1) is 0 Å². The van der Waals surface area contributed by atoms with E-state index in [0.29, 0.717) is 0 Å². The van der Waals surface area contributed by atoms with Gasteiger partial charge >= 0.3 is 12.1 Å². The Kier molecular flexibility index (Phi) is 4.24. The molecule has 5 N–H and O–H groups in total. The standard InChI is InChI=1S/C10H12N4O5/c1-4-3-6(16)7(5(2)15)8(19-4)13-14-10(18)12-9(11)17/h3,13H,1-2H3,(H4,11,12,14,17,18). The second-order valence-corrected chi connectivity index (χ2v) is 3.55. The second-order valence-electron chi connectivity index (χ2n) is 3.55. The van der Waals surface area contributed by atoms with Crippen molar-refractivity contribution in [2.24, 2.45) is 5.73 Å². The molecule has 0 bridgehead atoms. The van der Waals surface area contributed by atoms with Crippen molar-refractivity contribution >= 4 is 23.7 Å². The number of ketones is 1. The fraction of sp³-hybridized carbons (Fsp3) is 0.200. The minimum absolute atomic E-state index is 0.225. The third-order valence-corrected chi connectivity index (χ3v) is 1.95. The normalized spacial score (nSPS) is 9.58. The highest BCUT2D eigenvalue weighted by atomic mass is 16.4. The molecule has 0 saturated heterocycles. The average molecular weight is 268 g/mol. The number of imide groups is 1. The predicted octanol–water partition coefficient (Wildman–Crippen LogP) is -0.144. The summed E-state index contributed by atoms with van der Waals surface area (Å²) in [5, 5.41) is 1.71. The first kappa shape index (κ1) is 14.2. The second kappa shape index (κ2) is 5.67. The molecule has 0 saturated carbocycles. The molecule has 9 nitrogen and oxygen atoms in total. The van der Waals surface area contributed by atoms with Gasteiger partial charge in [0.15, 0.2) is 11.2 Å². The number of aryl methyl sites for hydroxylation is 1. The molecule has 1 aromatic heterocycles. The highest BCUT2D eigenvalue weighted by Crippen LogP contribution is 2.13. The van der Waals surface area contributed by atoms with E-state index < -0.39 is 23.3 Å². The Balaban J connectivity index is 2.95. The molecule has 0 unspecified atom stereocenters. The number of nitrogens with one attached hydrogen (secondary N) is 3. The van der Waals surface area contributed by atoms with Crippen LogP contribution in [0.5, 0.6) is 0 Å². The lowest BCUT2D eigenvalue weighted by Gasteiger charge is -2.10. The molecule has 0 fully saturated rings. The third kappa shape index (κ3) is 3.84. The maximum atomic E-state index is 11.6. The maximum absolute atomic E-state index is 11.6. The van der Waals surface area contributed by atoms with Gasteiger partial charge in [-0.25, -0.2) is 15.0 Å². The van der Waals surface area contributed by atoms with E-state index in [1.165, 1.54) is 13.8 Å². The predicted molar refractivity (Wildman–Crippen MR) is 64.6 cm³/mol. The third-order valence-electron chi connectivity index (χ3n) is 1.95. The first-order valence-electron chi connectivity index (χ1n) is 5.09. The molecule has 0 aliphatic rings. The fourth-order valence-electron chi connectivity index (χ4n) is 1.29. The minimum Gasteiger partial charge on any atom is -0.443 e. The number of hydrazine groups is 1. The average Bonchev–Trinajstić information content (AvgIpc) is 2.23. The number of rotatable bonds is 3. The molecule has 19 heavy (non-hydrogen) atoms. The molecule has 1 aromatic rings. The first-order chi connectivity index (χ1) is 8.81. The van der Waals surface area contributed by atoms with Crippen molar-refractivity contribution in [1.29, 1.82) is 0 Å². The number of anilines is 1. The van der Waals surface area contributed by atoms with Crippen LogP contribution in [0.3, 0.4) is 0 Å². The molecule has 0 aliphatic heterocycles. The van der Waals surface area contributed by atoms with Crippen LogP contribution in [0.2, 0.25) is 0 Å². The van der Waals surface area contributed by atoms with E-state index in [2.05, 4.69) is 5.43 Å². The summed E-state index contributed by atoms with van der Waals surface area (Å²) in [6.45, 7) is 2.68. The van der Waals surface area contributed by atoms with Crippen molar-refractivity contribution in [3.8, 4) is 0 Å². The quantitative estimate of drug-likeness (QED) is 0.443. The van der Waals surface area contributed by atoms with E-state index in [9.17, 15) is 19.2 Å². The number of nitrogens with two attached hydrogens (primary N) is 1. The summed E-state index contributed by atoms with van der Waals surface area (Å²) >= 11 is 0. The monoisotopic (exact) mass is 268 g/mol. The Bertz CT molecular complexity index is 592. The fourth-order valence-corrected chi connectivity index (χ4v) is 1.29. The zero-order valence-electron chi connectivity index (χ0n) is 10.2. The molecule has 4 amide bonds. The van der Waals surface area contributed by atoms with Gasteiger partial charge in [0.05, 0.1) is 0 Å². The summed E-state index contributed by atoms with van der Waals surface area (Å²) in [6.07, 6.45) is 0. The molecule has 1 rings (SSSR count). The molecule has 102 valence electrons. The van der Waals surface area contributed by atoms with E-state index >= 15 is 0 Å². The Hall–Kier alpha value is -2.84. The Morgan fingerprint density at radius 2 is 1.95 bits per heavy atom. The van der Waals surface area contributed by atoms with Crippen LogP contribution in [0.4, 0.5) is 15.5 Å². The summed E-state index contributed by atoms with van der Waals surface area (Å²) < 4.78 is 5.12. The topological polar surface area (TPSA) is 144 Å². The van der Waals surface area contributed by atoms with Gasteiger partial charge in [-0.05, 0) is 13.8 Å². The number of hydrogen-bond donors (Lipinski definition) is 4. The van der Waals surface area contributed by atoms with Gasteiger partial charge in [-0.3, -0.25) is 20.3 Å². The summed E-state index contributed by atoms with van der Waals surface area (Å²) in [5.74, 6) is -0.514. The summed E-state index contributed by atoms with van der Waals surface area (Å²) in [4.78, 5) is 44.4. The Morgan fingerprint density at radius 1 is 1.32 bits per heavy atom.